The second kappa shape index (κ2) is 3.42. The molecular formula is C11H13FN2. The Hall–Kier alpha value is -1.35. The molecule has 0 spiro atoms. The fourth-order valence-electron chi connectivity index (χ4n) is 1.67. The highest BCUT2D eigenvalue weighted by atomic mass is 19.1. The smallest absolute Gasteiger partial charge is 0.123 e. The van der Waals surface area contributed by atoms with Gasteiger partial charge < -0.3 is 10.7 Å². The van der Waals surface area contributed by atoms with E-state index in [4.69, 9.17) is 5.73 Å². The molecular weight excluding hydrogens is 179 g/mol. The molecule has 1 heterocycles. The van der Waals surface area contributed by atoms with Crippen molar-refractivity contribution in [1.82, 2.24) is 4.98 Å². The Morgan fingerprint density at radius 3 is 3.00 bits per heavy atom. The van der Waals surface area contributed by atoms with Gasteiger partial charge in [-0.1, -0.05) is 0 Å². The number of hydrogen-bond donors (Lipinski definition) is 2. The van der Waals surface area contributed by atoms with E-state index >= 15 is 0 Å². The van der Waals surface area contributed by atoms with Crippen LogP contribution in [0.15, 0.2) is 24.4 Å². The maximum Gasteiger partial charge on any atom is 0.123 e. The van der Waals surface area contributed by atoms with Crippen LogP contribution in [-0.4, -0.2) is 11.0 Å². The van der Waals surface area contributed by atoms with E-state index in [9.17, 15) is 4.39 Å². The van der Waals surface area contributed by atoms with Crippen LogP contribution in [-0.2, 0) is 6.42 Å². The normalized spacial score (nSPS) is 13.4. The Bertz CT molecular complexity index is 445. The monoisotopic (exact) mass is 192 g/mol. The summed E-state index contributed by atoms with van der Waals surface area (Å²) in [7, 11) is 0. The van der Waals surface area contributed by atoms with E-state index in [1.54, 1.807) is 12.1 Å². The van der Waals surface area contributed by atoms with E-state index in [-0.39, 0.29) is 11.9 Å². The SMILES string of the molecule is C[C@@H](N)Cc1c[nH]c2ccc(F)cc12. The molecule has 0 aliphatic carbocycles. The summed E-state index contributed by atoms with van der Waals surface area (Å²) in [5.41, 5.74) is 7.74. The van der Waals surface area contributed by atoms with E-state index < -0.39 is 0 Å². The molecule has 2 aromatic rings. The summed E-state index contributed by atoms with van der Waals surface area (Å²) >= 11 is 0. The van der Waals surface area contributed by atoms with Crippen molar-refractivity contribution in [3.05, 3.63) is 35.8 Å². The second-order valence-corrected chi connectivity index (χ2v) is 3.69. The maximum atomic E-state index is 13.0. The highest BCUT2D eigenvalue weighted by Gasteiger charge is 2.06. The molecule has 1 aromatic carbocycles. The fraction of sp³-hybridized carbons (Fsp3) is 0.273. The Labute approximate surface area is 81.9 Å². The van der Waals surface area contributed by atoms with Crippen LogP contribution in [0.4, 0.5) is 4.39 Å². The van der Waals surface area contributed by atoms with Gasteiger partial charge in [-0.3, -0.25) is 0 Å². The van der Waals surface area contributed by atoms with E-state index in [0.717, 1.165) is 22.9 Å². The van der Waals surface area contributed by atoms with Gasteiger partial charge in [-0.15, -0.1) is 0 Å². The van der Waals surface area contributed by atoms with Crippen LogP contribution in [0.3, 0.4) is 0 Å². The minimum Gasteiger partial charge on any atom is -0.361 e. The number of nitrogens with two attached hydrogens (primary N) is 1. The molecule has 14 heavy (non-hydrogen) atoms. The van der Waals surface area contributed by atoms with Gasteiger partial charge in [-0.05, 0) is 37.1 Å². The minimum atomic E-state index is -0.206. The molecule has 0 unspecified atom stereocenters. The van der Waals surface area contributed by atoms with Gasteiger partial charge in [0.05, 0.1) is 0 Å². The molecule has 74 valence electrons. The first kappa shape index (κ1) is 9.21. The van der Waals surface area contributed by atoms with Crippen molar-refractivity contribution in [2.24, 2.45) is 5.73 Å². The summed E-state index contributed by atoms with van der Waals surface area (Å²) < 4.78 is 13.0. The number of halogens is 1. The highest BCUT2D eigenvalue weighted by Crippen LogP contribution is 2.20. The predicted octanol–water partition coefficient (Wildman–Crippen LogP) is 2.20. The van der Waals surface area contributed by atoms with Gasteiger partial charge in [0.15, 0.2) is 0 Å². The van der Waals surface area contributed by atoms with Crippen LogP contribution >= 0.6 is 0 Å². The van der Waals surface area contributed by atoms with Gasteiger partial charge in [0, 0.05) is 23.1 Å². The van der Waals surface area contributed by atoms with Gasteiger partial charge in [-0.2, -0.15) is 0 Å². The minimum absolute atomic E-state index is 0.0947. The molecule has 2 nitrogen and oxygen atoms in total. The molecule has 0 aliphatic heterocycles. The zero-order valence-electron chi connectivity index (χ0n) is 8.05. The molecule has 0 saturated heterocycles. The van der Waals surface area contributed by atoms with Gasteiger partial charge in [0.25, 0.3) is 0 Å². The van der Waals surface area contributed by atoms with Crippen molar-refractivity contribution in [2.75, 3.05) is 0 Å². The first-order chi connectivity index (χ1) is 6.66. The number of nitrogens with one attached hydrogen (secondary N) is 1. The Morgan fingerprint density at radius 1 is 1.50 bits per heavy atom. The molecule has 3 N–H and O–H groups in total. The molecule has 3 heteroatoms. The summed E-state index contributed by atoms with van der Waals surface area (Å²) in [5.74, 6) is -0.206. The molecule has 0 aliphatic rings. The third-order valence-corrected chi connectivity index (χ3v) is 2.27. The number of benzene rings is 1. The quantitative estimate of drug-likeness (QED) is 0.752. The Balaban J connectivity index is 2.50. The van der Waals surface area contributed by atoms with Crippen LogP contribution in [0, 0.1) is 5.82 Å². The molecule has 1 aromatic heterocycles. The zero-order valence-corrected chi connectivity index (χ0v) is 8.05. The fourth-order valence-corrected chi connectivity index (χ4v) is 1.67. The topological polar surface area (TPSA) is 41.8 Å². The van der Waals surface area contributed by atoms with Crippen LogP contribution in [0.25, 0.3) is 10.9 Å². The van der Waals surface area contributed by atoms with Crippen molar-refractivity contribution in [1.29, 1.82) is 0 Å². The number of fused-ring (bicyclic) bond motifs is 1. The standard InChI is InChI=1S/C11H13FN2/c1-7(13)4-8-6-14-11-3-2-9(12)5-10(8)11/h2-3,5-7,14H,4,13H2,1H3/t7-/m1/s1. The van der Waals surface area contributed by atoms with Crippen molar-refractivity contribution in [3.63, 3.8) is 0 Å². The Morgan fingerprint density at radius 2 is 2.29 bits per heavy atom. The van der Waals surface area contributed by atoms with Crippen molar-refractivity contribution in [3.8, 4) is 0 Å². The first-order valence-corrected chi connectivity index (χ1v) is 4.68. The zero-order chi connectivity index (χ0) is 10.1. The third-order valence-electron chi connectivity index (χ3n) is 2.27. The molecule has 0 amide bonds. The lowest BCUT2D eigenvalue weighted by Gasteiger charge is -2.02. The largest absolute Gasteiger partial charge is 0.361 e. The first-order valence-electron chi connectivity index (χ1n) is 4.68. The van der Waals surface area contributed by atoms with E-state index in [1.807, 2.05) is 13.1 Å². The van der Waals surface area contributed by atoms with Gasteiger partial charge >= 0.3 is 0 Å². The second-order valence-electron chi connectivity index (χ2n) is 3.69. The summed E-state index contributed by atoms with van der Waals surface area (Å²) in [6.45, 7) is 1.94. The highest BCUT2D eigenvalue weighted by molar-refractivity contribution is 5.83. The van der Waals surface area contributed by atoms with Gasteiger partial charge in [-0.25, -0.2) is 4.39 Å². The average Bonchev–Trinajstić information content (AvgIpc) is 2.47. The lowest BCUT2D eigenvalue weighted by Crippen LogP contribution is -2.17. The molecule has 0 saturated carbocycles. The molecule has 2 rings (SSSR count). The molecule has 1 atom stereocenters. The summed E-state index contributed by atoms with van der Waals surface area (Å²) in [6, 6.07) is 4.84. The van der Waals surface area contributed by atoms with Gasteiger partial charge in [0.1, 0.15) is 5.82 Å². The number of rotatable bonds is 2. The number of hydrogen-bond acceptors (Lipinski definition) is 1. The van der Waals surface area contributed by atoms with E-state index in [0.29, 0.717) is 0 Å². The lowest BCUT2D eigenvalue weighted by atomic mass is 10.1. The van der Waals surface area contributed by atoms with Crippen molar-refractivity contribution < 1.29 is 4.39 Å². The van der Waals surface area contributed by atoms with Crippen LogP contribution in [0.2, 0.25) is 0 Å². The van der Waals surface area contributed by atoms with Crippen LogP contribution in [0.5, 0.6) is 0 Å². The van der Waals surface area contributed by atoms with Crippen LogP contribution < -0.4 is 5.73 Å². The summed E-state index contributed by atoms with van der Waals surface area (Å²) in [5, 5.41) is 0.933. The number of aromatic nitrogens is 1. The predicted molar refractivity (Wildman–Crippen MR) is 55.6 cm³/mol. The third kappa shape index (κ3) is 1.63. The maximum absolute atomic E-state index is 13.0. The lowest BCUT2D eigenvalue weighted by molar-refractivity contribution is 0.629. The molecule has 0 radical (unpaired) electrons. The average molecular weight is 192 g/mol. The number of aromatic amines is 1. The molecule has 0 fully saturated rings. The number of H-pyrrole nitrogens is 1. The summed E-state index contributed by atoms with van der Waals surface area (Å²) in [4.78, 5) is 3.10. The van der Waals surface area contributed by atoms with Gasteiger partial charge in [0.2, 0.25) is 0 Å². The molecule has 0 bridgehead atoms. The van der Waals surface area contributed by atoms with E-state index in [1.165, 1.54) is 6.07 Å². The van der Waals surface area contributed by atoms with Crippen molar-refractivity contribution >= 4 is 10.9 Å². The Kier molecular flexibility index (Phi) is 2.25. The van der Waals surface area contributed by atoms with Crippen molar-refractivity contribution in [2.45, 2.75) is 19.4 Å². The van der Waals surface area contributed by atoms with Crippen LogP contribution in [0.1, 0.15) is 12.5 Å². The summed E-state index contributed by atoms with van der Waals surface area (Å²) in [6.07, 6.45) is 2.66. The van der Waals surface area contributed by atoms with E-state index in [2.05, 4.69) is 4.98 Å².